The van der Waals surface area contributed by atoms with Gasteiger partial charge in [-0.25, -0.2) is 12.7 Å². The number of benzene rings is 2. The van der Waals surface area contributed by atoms with E-state index < -0.39 is 10.0 Å². The molecule has 0 saturated heterocycles. The molecular weight excluding hydrogens is 306 g/mol. The number of halogens is 1. The first-order valence-corrected chi connectivity index (χ1v) is 8.04. The van der Waals surface area contributed by atoms with Crippen LogP contribution in [0.2, 0.25) is 5.02 Å². The summed E-state index contributed by atoms with van der Waals surface area (Å²) >= 11 is 5.86. The molecule has 0 aliphatic rings. The van der Waals surface area contributed by atoms with Crippen LogP contribution in [0, 0.1) is 18.9 Å². The summed E-state index contributed by atoms with van der Waals surface area (Å²) in [5.41, 5.74) is 1.66. The standard InChI is InChI=1S/C16H14ClNO2S/c1-13-6-8-16(9-7-13)21(19,20)18(2)11-10-14-4-3-5-15(17)12-14/h3-9,12H,1-2H3. The van der Waals surface area contributed by atoms with Crippen LogP contribution in [0.1, 0.15) is 11.1 Å². The van der Waals surface area contributed by atoms with Gasteiger partial charge in [-0.1, -0.05) is 35.4 Å². The number of rotatable bonds is 2. The Morgan fingerprint density at radius 2 is 1.76 bits per heavy atom. The molecule has 0 aromatic heterocycles. The van der Waals surface area contributed by atoms with Crippen molar-refractivity contribution in [1.82, 2.24) is 4.31 Å². The Morgan fingerprint density at radius 3 is 2.38 bits per heavy atom. The molecule has 3 nitrogen and oxygen atoms in total. The number of nitrogens with zero attached hydrogens (tertiary/aromatic N) is 1. The zero-order valence-corrected chi connectivity index (χ0v) is 13.2. The van der Waals surface area contributed by atoms with Crippen molar-refractivity contribution in [3.63, 3.8) is 0 Å². The van der Waals surface area contributed by atoms with E-state index in [1.807, 2.05) is 6.92 Å². The predicted octanol–water partition coefficient (Wildman–Crippen LogP) is 3.28. The molecule has 0 N–H and O–H groups in total. The van der Waals surface area contributed by atoms with Crippen LogP contribution in [0.15, 0.2) is 53.4 Å². The third-order valence-electron chi connectivity index (χ3n) is 2.86. The molecule has 0 aliphatic heterocycles. The van der Waals surface area contributed by atoms with Gasteiger partial charge in [-0.05, 0) is 43.2 Å². The van der Waals surface area contributed by atoms with Crippen molar-refractivity contribution in [3.05, 3.63) is 64.7 Å². The molecule has 5 heteroatoms. The van der Waals surface area contributed by atoms with Gasteiger partial charge in [0.1, 0.15) is 0 Å². The SMILES string of the molecule is Cc1ccc(S(=O)(=O)N(C)C#Cc2cccc(Cl)c2)cc1. The molecule has 2 aromatic rings. The molecule has 0 heterocycles. The summed E-state index contributed by atoms with van der Waals surface area (Å²) in [5.74, 6) is 2.78. The third-order valence-corrected chi connectivity index (χ3v) is 4.78. The molecule has 0 atom stereocenters. The normalized spacial score (nSPS) is 10.6. The molecular formula is C16H14ClNO2S. The van der Waals surface area contributed by atoms with E-state index in [0.29, 0.717) is 10.6 Å². The molecule has 0 aliphatic carbocycles. The van der Waals surface area contributed by atoms with Gasteiger partial charge < -0.3 is 0 Å². The summed E-state index contributed by atoms with van der Waals surface area (Å²) in [7, 11) is -2.19. The fourth-order valence-corrected chi connectivity index (χ4v) is 2.79. The first kappa shape index (κ1) is 15.4. The number of hydrogen-bond acceptors (Lipinski definition) is 2. The molecule has 2 rings (SSSR count). The van der Waals surface area contributed by atoms with Crippen LogP contribution in [-0.4, -0.2) is 19.8 Å². The highest BCUT2D eigenvalue weighted by Gasteiger charge is 2.17. The van der Waals surface area contributed by atoms with Gasteiger partial charge in [-0.3, -0.25) is 0 Å². The van der Waals surface area contributed by atoms with Crippen LogP contribution < -0.4 is 0 Å². The summed E-state index contributed by atoms with van der Waals surface area (Å²) in [6.07, 6.45) is 0. The van der Waals surface area contributed by atoms with Gasteiger partial charge in [0.25, 0.3) is 10.0 Å². The number of aryl methyl sites for hydroxylation is 1. The van der Waals surface area contributed by atoms with E-state index in [0.717, 1.165) is 9.87 Å². The molecule has 0 amide bonds. The van der Waals surface area contributed by atoms with Gasteiger partial charge in [0.15, 0.2) is 0 Å². The summed E-state index contributed by atoms with van der Waals surface area (Å²) in [4.78, 5) is 0.219. The van der Waals surface area contributed by atoms with Crippen molar-refractivity contribution in [1.29, 1.82) is 0 Å². The Kier molecular flexibility index (Phi) is 4.56. The summed E-state index contributed by atoms with van der Waals surface area (Å²) in [5, 5.41) is 0.561. The Labute approximate surface area is 130 Å². The van der Waals surface area contributed by atoms with E-state index in [9.17, 15) is 8.42 Å². The van der Waals surface area contributed by atoms with Crippen molar-refractivity contribution in [2.24, 2.45) is 0 Å². The van der Waals surface area contributed by atoms with Gasteiger partial charge >= 0.3 is 0 Å². The topological polar surface area (TPSA) is 37.4 Å². The molecule has 0 bridgehead atoms. The number of hydrogen-bond donors (Lipinski definition) is 0. The number of sulfonamides is 1. The smallest absolute Gasteiger partial charge is 0.227 e. The Bertz CT molecular complexity index is 802. The monoisotopic (exact) mass is 319 g/mol. The maximum Gasteiger partial charge on any atom is 0.270 e. The molecule has 21 heavy (non-hydrogen) atoms. The zero-order valence-electron chi connectivity index (χ0n) is 11.7. The first-order chi connectivity index (χ1) is 9.89. The highest BCUT2D eigenvalue weighted by molar-refractivity contribution is 7.89. The van der Waals surface area contributed by atoms with Crippen molar-refractivity contribution in [2.45, 2.75) is 11.8 Å². The molecule has 0 unspecified atom stereocenters. The lowest BCUT2D eigenvalue weighted by Gasteiger charge is -2.12. The second-order valence-corrected chi connectivity index (χ2v) is 6.94. The lowest BCUT2D eigenvalue weighted by Crippen LogP contribution is -2.22. The first-order valence-electron chi connectivity index (χ1n) is 6.22. The molecule has 2 aromatic carbocycles. The van der Waals surface area contributed by atoms with E-state index >= 15 is 0 Å². The zero-order chi connectivity index (χ0) is 15.5. The fourth-order valence-electron chi connectivity index (χ4n) is 1.64. The third kappa shape index (κ3) is 3.78. The Hall–Kier alpha value is -1.96. The van der Waals surface area contributed by atoms with Crippen LogP contribution in [0.25, 0.3) is 0 Å². The van der Waals surface area contributed by atoms with E-state index in [4.69, 9.17) is 11.6 Å². The second-order valence-electron chi connectivity index (χ2n) is 4.53. The van der Waals surface area contributed by atoms with Crippen LogP contribution in [0.3, 0.4) is 0 Å². The maximum absolute atomic E-state index is 12.3. The minimum absolute atomic E-state index is 0.219. The fraction of sp³-hybridized carbons (Fsp3) is 0.125. The van der Waals surface area contributed by atoms with E-state index in [-0.39, 0.29) is 4.90 Å². The minimum Gasteiger partial charge on any atom is -0.227 e. The van der Waals surface area contributed by atoms with Gasteiger partial charge in [-0.15, -0.1) is 0 Å². The average molecular weight is 320 g/mol. The van der Waals surface area contributed by atoms with Gasteiger partial charge in [0.2, 0.25) is 0 Å². The van der Waals surface area contributed by atoms with Crippen LogP contribution in [0.5, 0.6) is 0 Å². The second kappa shape index (κ2) is 6.21. The largest absolute Gasteiger partial charge is 0.270 e. The van der Waals surface area contributed by atoms with E-state index in [1.165, 1.54) is 7.05 Å². The highest BCUT2D eigenvalue weighted by atomic mass is 35.5. The van der Waals surface area contributed by atoms with Gasteiger partial charge in [0.05, 0.1) is 4.90 Å². The molecule has 0 fully saturated rings. The van der Waals surface area contributed by atoms with Crippen LogP contribution in [-0.2, 0) is 10.0 Å². The van der Waals surface area contributed by atoms with Crippen molar-refractivity contribution < 1.29 is 8.42 Å². The maximum atomic E-state index is 12.3. The van der Waals surface area contributed by atoms with Gasteiger partial charge in [0, 0.05) is 23.7 Å². The van der Waals surface area contributed by atoms with Crippen LogP contribution >= 0.6 is 11.6 Å². The lowest BCUT2D eigenvalue weighted by atomic mass is 10.2. The van der Waals surface area contributed by atoms with Gasteiger partial charge in [-0.2, -0.15) is 0 Å². The minimum atomic E-state index is -3.61. The quantitative estimate of drug-likeness (QED) is 0.629. The summed E-state index contributed by atoms with van der Waals surface area (Å²) in [6.45, 7) is 1.90. The Morgan fingerprint density at radius 1 is 1.10 bits per heavy atom. The molecule has 108 valence electrons. The molecule has 0 radical (unpaired) electrons. The Balaban J connectivity index is 2.28. The average Bonchev–Trinajstić information content (AvgIpc) is 2.45. The molecule has 0 saturated carbocycles. The lowest BCUT2D eigenvalue weighted by molar-refractivity contribution is 0.547. The van der Waals surface area contributed by atoms with E-state index in [2.05, 4.69) is 12.0 Å². The van der Waals surface area contributed by atoms with E-state index in [1.54, 1.807) is 48.5 Å². The predicted molar refractivity (Wildman–Crippen MR) is 84.5 cm³/mol. The van der Waals surface area contributed by atoms with Crippen molar-refractivity contribution >= 4 is 21.6 Å². The highest BCUT2D eigenvalue weighted by Crippen LogP contribution is 2.14. The van der Waals surface area contributed by atoms with Crippen molar-refractivity contribution in [3.8, 4) is 12.0 Å². The van der Waals surface area contributed by atoms with Crippen LogP contribution in [0.4, 0.5) is 0 Å². The molecule has 0 spiro atoms. The summed E-state index contributed by atoms with van der Waals surface area (Å²) < 4.78 is 25.7. The summed E-state index contributed by atoms with van der Waals surface area (Å²) in [6, 6.07) is 16.2. The van der Waals surface area contributed by atoms with Crippen molar-refractivity contribution in [2.75, 3.05) is 7.05 Å².